The number of aromatic nitrogens is 1. The van der Waals surface area contributed by atoms with E-state index in [1.165, 1.54) is 4.88 Å². The minimum atomic E-state index is 0.819. The summed E-state index contributed by atoms with van der Waals surface area (Å²) in [7, 11) is 0. The fourth-order valence-corrected chi connectivity index (χ4v) is 2.90. The molecular weight excluding hydrogens is 248 g/mol. The molecule has 0 fully saturated rings. The Labute approximate surface area is 102 Å². The molecule has 0 saturated heterocycles. The van der Waals surface area contributed by atoms with E-state index < -0.39 is 0 Å². The predicted molar refractivity (Wildman–Crippen MR) is 66.7 cm³/mol. The van der Waals surface area contributed by atoms with E-state index in [2.05, 4.69) is 15.7 Å². The number of halogens is 1. The number of rotatable bonds is 4. The highest BCUT2D eigenvalue weighted by atomic mass is 35.5. The Hall–Kier alpha value is -0.420. The number of hydrogen-bond acceptors (Lipinski definition) is 4. The maximum absolute atomic E-state index is 5.83. The lowest BCUT2D eigenvalue weighted by Crippen LogP contribution is -2.11. The van der Waals surface area contributed by atoms with Gasteiger partial charge in [0.1, 0.15) is 0 Å². The molecule has 0 atom stereocenters. The van der Waals surface area contributed by atoms with Gasteiger partial charge in [-0.05, 0) is 13.0 Å². The van der Waals surface area contributed by atoms with Crippen LogP contribution in [-0.2, 0) is 13.1 Å². The van der Waals surface area contributed by atoms with E-state index in [9.17, 15) is 0 Å². The Bertz CT molecular complexity index is 396. The van der Waals surface area contributed by atoms with Crippen LogP contribution in [-0.4, -0.2) is 4.98 Å². The fourth-order valence-electron chi connectivity index (χ4n) is 1.25. The van der Waals surface area contributed by atoms with Gasteiger partial charge in [-0.25, -0.2) is 4.98 Å². The minimum Gasteiger partial charge on any atom is -0.306 e. The fraction of sp³-hybridized carbons (Fsp3) is 0.300. The molecule has 0 aliphatic heterocycles. The largest absolute Gasteiger partial charge is 0.306 e. The van der Waals surface area contributed by atoms with Gasteiger partial charge in [0.15, 0.2) is 0 Å². The third-order valence-corrected chi connectivity index (χ3v) is 4.00. The van der Waals surface area contributed by atoms with Crippen LogP contribution >= 0.6 is 34.3 Å². The van der Waals surface area contributed by atoms with Crippen molar-refractivity contribution in [2.75, 3.05) is 0 Å². The molecule has 0 aliphatic carbocycles. The van der Waals surface area contributed by atoms with Gasteiger partial charge in [0.2, 0.25) is 0 Å². The zero-order chi connectivity index (χ0) is 10.7. The molecule has 80 valence electrons. The van der Waals surface area contributed by atoms with Crippen LogP contribution in [0, 0.1) is 6.92 Å². The van der Waals surface area contributed by atoms with Gasteiger partial charge < -0.3 is 5.32 Å². The Morgan fingerprint density at radius 1 is 1.33 bits per heavy atom. The number of thiazole rings is 1. The summed E-state index contributed by atoms with van der Waals surface area (Å²) >= 11 is 9.19. The van der Waals surface area contributed by atoms with Crippen molar-refractivity contribution in [3.63, 3.8) is 0 Å². The molecule has 2 aromatic heterocycles. The second kappa shape index (κ2) is 5.07. The SMILES string of the molecule is Cc1nc(CNCc2cc(Cl)cs2)cs1. The van der Waals surface area contributed by atoms with Gasteiger partial charge in [-0.3, -0.25) is 0 Å². The van der Waals surface area contributed by atoms with Crippen molar-refractivity contribution in [3.05, 3.63) is 37.4 Å². The topological polar surface area (TPSA) is 24.9 Å². The first-order valence-electron chi connectivity index (χ1n) is 4.58. The van der Waals surface area contributed by atoms with Crippen molar-refractivity contribution in [2.24, 2.45) is 0 Å². The van der Waals surface area contributed by atoms with E-state index in [4.69, 9.17) is 11.6 Å². The number of thiophene rings is 1. The Morgan fingerprint density at radius 2 is 2.20 bits per heavy atom. The summed E-state index contributed by atoms with van der Waals surface area (Å²) < 4.78 is 0. The number of nitrogens with one attached hydrogen (secondary N) is 1. The van der Waals surface area contributed by atoms with Crippen LogP contribution < -0.4 is 5.32 Å². The van der Waals surface area contributed by atoms with E-state index in [0.29, 0.717) is 0 Å². The third kappa shape index (κ3) is 3.28. The molecule has 15 heavy (non-hydrogen) atoms. The molecule has 0 radical (unpaired) electrons. The van der Waals surface area contributed by atoms with Gasteiger partial charge >= 0.3 is 0 Å². The first kappa shape index (κ1) is 11.1. The average molecular weight is 259 g/mol. The molecule has 0 aromatic carbocycles. The molecule has 2 rings (SSSR count). The lowest BCUT2D eigenvalue weighted by molar-refractivity contribution is 0.689. The van der Waals surface area contributed by atoms with Crippen molar-refractivity contribution < 1.29 is 0 Å². The highest BCUT2D eigenvalue weighted by molar-refractivity contribution is 7.10. The summed E-state index contributed by atoms with van der Waals surface area (Å²) in [6.07, 6.45) is 0. The summed E-state index contributed by atoms with van der Waals surface area (Å²) in [5, 5.41) is 9.31. The minimum absolute atomic E-state index is 0.819. The summed E-state index contributed by atoms with van der Waals surface area (Å²) in [4.78, 5) is 5.64. The van der Waals surface area contributed by atoms with E-state index >= 15 is 0 Å². The van der Waals surface area contributed by atoms with Crippen molar-refractivity contribution in [3.8, 4) is 0 Å². The van der Waals surface area contributed by atoms with Crippen LogP contribution in [0.15, 0.2) is 16.8 Å². The second-order valence-corrected chi connectivity index (χ2v) is 5.69. The molecule has 2 heterocycles. The monoisotopic (exact) mass is 258 g/mol. The molecule has 2 aromatic rings. The lowest BCUT2D eigenvalue weighted by Gasteiger charge is -1.99. The van der Waals surface area contributed by atoms with Crippen LogP contribution in [0.4, 0.5) is 0 Å². The normalized spacial score (nSPS) is 10.8. The second-order valence-electron chi connectivity index (χ2n) is 3.19. The number of hydrogen-bond donors (Lipinski definition) is 1. The first-order chi connectivity index (χ1) is 7.24. The highest BCUT2D eigenvalue weighted by Crippen LogP contribution is 2.18. The van der Waals surface area contributed by atoms with Crippen LogP contribution in [0.25, 0.3) is 0 Å². The van der Waals surface area contributed by atoms with Crippen molar-refractivity contribution in [2.45, 2.75) is 20.0 Å². The quantitative estimate of drug-likeness (QED) is 0.909. The van der Waals surface area contributed by atoms with Gasteiger partial charge in [-0.15, -0.1) is 22.7 Å². The zero-order valence-electron chi connectivity index (χ0n) is 8.29. The molecule has 1 N–H and O–H groups in total. The Morgan fingerprint density at radius 3 is 2.80 bits per heavy atom. The van der Waals surface area contributed by atoms with Gasteiger partial charge in [0.25, 0.3) is 0 Å². The van der Waals surface area contributed by atoms with Gasteiger partial charge in [-0.2, -0.15) is 0 Å². The van der Waals surface area contributed by atoms with Gasteiger partial charge in [-0.1, -0.05) is 11.6 Å². The Balaban J connectivity index is 1.80. The average Bonchev–Trinajstić information content (AvgIpc) is 2.76. The van der Waals surface area contributed by atoms with Crippen LogP contribution in [0.5, 0.6) is 0 Å². The molecule has 0 amide bonds. The summed E-state index contributed by atoms with van der Waals surface area (Å²) in [6.45, 7) is 3.70. The molecule has 5 heteroatoms. The van der Waals surface area contributed by atoms with Crippen LogP contribution in [0.1, 0.15) is 15.6 Å². The van der Waals surface area contributed by atoms with E-state index in [-0.39, 0.29) is 0 Å². The van der Waals surface area contributed by atoms with Gasteiger partial charge in [0.05, 0.1) is 15.7 Å². The maximum atomic E-state index is 5.83. The molecule has 0 spiro atoms. The Kier molecular flexibility index (Phi) is 3.75. The van der Waals surface area contributed by atoms with E-state index in [1.54, 1.807) is 22.7 Å². The standard InChI is InChI=1S/C10H11ClN2S2/c1-7-13-9(6-14-7)3-12-4-10-2-8(11)5-15-10/h2,5-6,12H,3-4H2,1H3. The molecule has 0 bridgehead atoms. The van der Waals surface area contributed by atoms with E-state index in [1.807, 2.05) is 18.4 Å². The molecule has 0 aliphatic rings. The first-order valence-corrected chi connectivity index (χ1v) is 6.72. The van der Waals surface area contributed by atoms with Crippen LogP contribution in [0.2, 0.25) is 5.02 Å². The van der Waals surface area contributed by atoms with Crippen LogP contribution in [0.3, 0.4) is 0 Å². The summed E-state index contributed by atoms with van der Waals surface area (Å²) in [5.74, 6) is 0. The van der Waals surface area contributed by atoms with E-state index in [0.717, 1.165) is 28.8 Å². The molecular formula is C10H11ClN2S2. The third-order valence-electron chi connectivity index (χ3n) is 1.89. The summed E-state index contributed by atoms with van der Waals surface area (Å²) in [5.41, 5.74) is 1.11. The van der Waals surface area contributed by atoms with Crippen molar-refractivity contribution >= 4 is 34.3 Å². The number of aryl methyl sites for hydroxylation is 1. The number of nitrogens with zero attached hydrogens (tertiary/aromatic N) is 1. The van der Waals surface area contributed by atoms with Crippen molar-refractivity contribution in [1.29, 1.82) is 0 Å². The molecule has 0 saturated carbocycles. The molecule has 0 unspecified atom stereocenters. The molecule has 2 nitrogen and oxygen atoms in total. The summed E-state index contributed by atoms with van der Waals surface area (Å²) in [6, 6.07) is 1.99. The maximum Gasteiger partial charge on any atom is 0.0897 e. The lowest BCUT2D eigenvalue weighted by atomic mass is 10.4. The smallest absolute Gasteiger partial charge is 0.0897 e. The highest BCUT2D eigenvalue weighted by Gasteiger charge is 1.99. The van der Waals surface area contributed by atoms with Crippen molar-refractivity contribution in [1.82, 2.24) is 10.3 Å². The van der Waals surface area contributed by atoms with Gasteiger partial charge in [0, 0.05) is 28.7 Å². The predicted octanol–water partition coefficient (Wildman–Crippen LogP) is 3.46. The zero-order valence-corrected chi connectivity index (χ0v) is 10.7.